The molecule has 1 aliphatic heterocycles. The molecule has 100 valence electrons. The van der Waals surface area contributed by atoms with Crippen LogP contribution in [0.3, 0.4) is 0 Å². The highest BCUT2D eigenvalue weighted by molar-refractivity contribution is 5.58. The van der Waals surface area contributed by atoms with Gasteiger partial charge in [0.05, 0.1) is 18.2 Å². The fourth-order valence-electron chi connectivity index (χ4n) is 2.69. The van der Waals surface area contributed by atoms with E-state index in [2.05, 4.69) is 14.9 Å². The first-order valence-electron chi connectivity index (χ1n) is 6.82. The predicted molar refractivity (Wildman–Crippen MR) is 73.3 cm³/mol. The van der Waals surface area contributed by atoms with Crippen LogP contribution in [0.2, 0.25) is 0 Å². The van der Waals surface area contributed by atoms with Gasteiger partial charge in [0.2, 0.25) is 0 Å². The topological polar surface area (TPSA) is 29.9 Å². The second kappa shape index (κ2) is 5.53. The minimum atomic E-state index is -0.206. The maximum atomic E-state index is 13.3. The number of nitrogens with one attached hydrogen (secondary N) is 1. The van der Waals surface area contributed by atoms with Crippen LogP contribution in [0, 0.1) is 5.82 Å². The van der Waals surface area contributed by atoms with E-state index in [9.17, 15) is 4.39 Å². The zero-order valence-electron chi connectivity index (χ0n) is 10.8. The van der Waals surface area contributed by atoms with Crippen LogP contribution in [0.25, 0.3) is 11.3 Å². The molecule has 1 unspecified atom stereocenters. The zero-order chi connectivity index (χ0) is 13.1. The number of aromatic nitrogens is 2. The smallest absolute Gasteiger partial charge is 0.123 e. The Morgan fingerprint density at radius 3 is 3.16 bits per heavy atom. The molecule has 4 heteroatoms. The van der Waals surface area contributed by atoms with Crippen LogP contribution in [-0.4, -0.2) is 22.1 Å². The maximum Gasteiger partial charge on any atom is 0.123 e. The molecule has 0 saturated carbocycles. The minimum Gasteiger partial charge on any atom is -0.331 e. The van der Waals surface area contributed by atoms with E-state index in [0.29, 0.717) is 6.04 Å². The molecule has 1 fully saturated rings. The number of hydrogen-bond donors (Lipinski definition) is 1. The number of hydrogen-bond acceptors (Lipinski definition) is 2. The monoisotopic (exact) mass is 259 g/mol. The van der Waals surface area contributed by atoms with E-state index in [0.717, 1.165) is 30.8 Å². The summed E-state index contributed by atoms with van der Waals surface area (Å²) in [6, 6.07) is 7.29. The van der Waals surface area contributed by atoms with Gasteiger partial charge in [-0.1, -0.05) is 12.1 Å². The Morgan fingerprint density at radius 2 is 2.37 bits per heavy atom. The molecule has 2 heterocycles. The van der Waals surface area contributed by atoms with Crippen molar-refractivity contribution in [1.82, 2.24) is 14.9 Å². The molecule has 0 bridgehead atoms. The second-order valence-electron chi connectivity index (χ2n) is 5.06. The summed E-state index contributed by atoms with van der Waals surface area (Å²) >= 11 is 0. The van der Waals surface area contributed by atoms with Gasteiger partial charge >= 0.3 is 0 Å². The molecule has 0 radical (unpaired) electrons. The summed E-state index contributed by atoms with van der Waals surface area (Å²) in [7, 11) is 0. The van der Waals surface area contributed by atoms with Crippen molar-refractivity contribution in [1.29, 1.82) is 0 Å². The van der Waals surface area contributed by atoms with E-state index in [4.69, 9.17) is 0 Å². The van der Waals surface area contributed by atoms with Gasteiger partial charge in [-0.15, -0.1) is 0 Å². The van der Waals surface area contributed by atoms with Crippen molar-refractivity contribution >= 4 is 0 Å². The molecular formula is C15H18FN3. The lowest BCUT2D eigenvalue weighted by Gasteiger charge is -2.12. The molecule has 1 atom stereocenters. The average Bonchev–Trinajstić information content (AvgIpc) is 3.08. The largest absolute Gasteiger partial charge is 0.331 e. The summed E-state index contributed by atoms with van der Waals surface area (Å²) in [5, 5.41) is 3.49. The highest BCUT2D eigenvalue weighted by Gasteiger charge is 2.14. The van der Waals surface area contributed by atoms with Crippen LogP contribution in [0.4, 0.5) is 4.39 Å². The molecule has 2 aromatic rings. The van der Waals surface area contributed by atoms with Crippen molar-refractivity contribution < 1.29 is 4.39 Å². The molecule has 1 aromatic carbocycles. The Hall–Kier alpha value is -1.68. The Bertz CT molecular complexity index is 544. The highest BCUT2D eigenvalue weighted by Crippen LogP contribution is 2.21. The molecule has 1 saturated heterocycles. The van der Waals surface area contributed by atoms with E-state index in [1.165, 1.54) is 18.9 Å². The number of halogens is 1. The van der Waals surface area contributed by atoms with Crippen molar-refractivity contribution in [3.63, 3.8) is 0 Å². The van der Waals surface area contributed by atoms with Gasteiger partial charge < -0.3 is 9.88 Å². The predicted octanol–water partition coefficient (Wildman–Crippen LogP) is 2.83. The van der Waals surface area contributed by atoms with Crippen molar-refractivity contribution in [3.05, 3.63) is 42.6 Å². The normalized spacial score (nSPS) is 18.9. The zero-order valence-corrected chi connectivity index (χ0v) is 10.8. The van der Waals surface area contributed by atoms with E-state index in [-0.39, 0.29) is 5.82 Å². The first-order chi connectivity index (χ1) is 9.33. The lowest BCUT2D eigenvalue weighted by Crippen LogP contribution is -2.22. The Labute approximate surface area is 112 Å². The Morgan fingerprint density at radius 1 is 1.42 bits per heavy atom. The summed E-state index contributed by atoms with van der Waals surface area (Å²) in [6.45, 7) is 2.05. The molecule has 3 rings (SSSR count). The van der Waals surface area contributed by atoms with Crippen LogP contribution < -0.4 is 5.32 Å². The van der Waals surface area contributed by atoms with Gasteiger partial charge in [0.15, 0.2) is 0 Å². The summed E-state index contributed by atoms with van der Waals surface area (Å²) in [6.07, 6.45) is 7.25. The van der Waals surface area contributed by atoms with Gasteiger partial charge in [-0.05, 0) is 37.9 Å². The van der Waals surface area contributed by atoms with Gasteiger partial charge in [0.25, 0.3) is 0 Å². The van der Waals surface area contributed by atoms with E-state index in [1.807, 2.05) is 12.4 Å². The van der Waals surface area contributed by atoms with Gasteiger partial charge in [-0.25, -0.2) is 9.37 Å². The minimum absolute atomic E-state index is 0.206. The van der Waals surface area contributed by atoms with Crippen LogP contribution in [-0.2, 0) is 6.54 Å². The Balaban J connectivity index is 1.74. The van der Waals surface area contributed by atoms with Crippen molar-refractivity contribution in [2.24, 2.45) is 0 Å². The van der Waals surface area contributed by atoms with E-state index in [1.54, 1.807) is 18.3 Å². The van der Waals surface area contributed by atoms with E-state index < -0.39 is 0 Å². The lowest BCUT2D eigenvalue weighted by atomic mass is 10.1. The van der Waals surface area contributed by atoms with Crippen molar-refractivity contribution in [2.45, 2.75) is 31.8 Å². The molecule has 0 amide bonds. The van der Waals surface area contributed by atoms with Crippen LogP contribution >= 0.6 is 0 Å². The molecule has 3 nitrogen and oxygen atoms in total. The third kappa shape index (κ3) is 2.84. The van der Waals surface area contributed by atoms with Crippen LogP contribution in [0.15, 0.2) is 36.8 Å². The van der Waals surface area contributed by atoms with Crippen LogP contribution in [0.5, 0.6) is 0 Å². The number of nitrogens with zero attached hydrogens (tertiary/aromatic N) is 2. The molecule has 0 aliphatic carbocycles. The van der Waals surface area contributed by atoms with Crippen LogP contribution in [0.1, 0.15) is 19.3 Å². The first kappa shape index (κ1) is 12.4. The standard InChI is InChI=1S/C15H18FN3/c16-13-4-1-3-12(9-13)15-10-17-11-19(15)8-6-14-5-2-7-18-14/h1,3-4,9-11,14,18H,2,5-8H2. The maximum absolute atomic E-state index is 13.3. The van der Waals surface area contributed by atoms with Gasteiger partial charge in [-0.2, -0.15) is 0 Å². The molecule has 1 aliphatic rings. The summed E-state index contributed by atoms with van der Waals surface area (Å²) in [5.74, 6) is -0.206. The summed E-state index contributed by atoms with van der Waals surface area (Å²) in [4.78, 5) is 4.19. The van der Waals surface area contributed by atoms with Gasteiger partial charge in [0, 0.05) is 18.2 Å². The van der Waals surface area contributed by atoms with Crippen molar-refractivity contribution in [2.75, 3.05) is 6.54 Å². The van der Waals surface area contributed by atoms with Gasteiger partial charge in [0.1, 0.15) is 5.82 Å². The fourth-order valence-corrected chi connectivity index (χ4v) is 2.69. The highest BCUT2D eigenvalue weighted by atomic mass is 19.1. The molecule has 1 N–H and O–H groups in total. The quantitative estimate of drug-likeness (QED) is 0.915. The number of benzene rings is 1. The molecular weight excluding hydrogens is 241 g/mol. The Kier molecular flexibility index (Phi) is 3.60. The second-order valence-corrected chi connectivity index (χ2v) is 5.06. The number of rotatable bonds is 4. The third-order valence-corrected chi connectivity index (χ3v) is 3.71. The molecule has 1 aromatic heterocycles. The van der Waals surface area contributed by atoms with Gasteiger partial charge in [-0.3, -0.25) is 0 Å². The third-order valence-electron chi connectivity index (χ3n) is 3.71. The molecule has 19 heavy (non-hydrogen) atoms. The van der Waals surface area contributed by atoms with E-state index >= 15 is 0 Å². The molecule has 0 spiro atoms. The SMILES string of the molecule is Fc1cccc(-c2cncn2CCC2CCCN2)c1. The lowest BCUT2D eigenvalue weighted by molar-refractivity contribution is 0.506. The number of imidazole rings is 1. The fraction of sp³-hybridized carbons (Fsp3) is 0.400. The number of aryl methyl sites for hydroxylation is 1. The summed E-state index contributed by atoms with van der Waals surface area (Å²) < 4.78 is 15.4. The summed E-state index contributed by atoms with van der Waals surface area (Å²) in [5.41, 5.74) is 1.87. The van der Waals surface area contributed by atoms with Crippen molar-refractivity contribution in [3.8, 4) is 11.3 Å². The average molecular weight is 259 g/mol. The first-order valence-corrected chi connectivity index (χ1v) is 6.82.